The van der Waals surface area contributed by atoms with E-state index in [9.17, 15) is 4.79 Å². The number of hydrogen-bond acceptors (Lipinski definition) is 3. The summed E-state index contributed by atoms with van der Waals surface area (Å²) in [4.78, 5) is 19.1. The van der Waals surface area contributed by atoms with Crippen LogP contribution in [0.15, 0.2) is 65.3 Å². The largest absolute Gasteiger partial charge is 0.354 e. The van der Waals surface area contributed by atoms with E-state index < -0.39 is 0 Å². The molecule has 0 atom stereocenters. The first-order valence-electron chi connectivity index (χ1n) is 9.05. The monoisotopic (exact) mass is 352 g/mol. The van der Waals surface area contributed by atoms with Crippen molar-refractivity contribution in [2.45, 2.75) is 46.6 Å². The average Bonchev–Trinajstić information content (AvgIpc) is 2.94. The molecule has 0 spiro atoms. The van der Waals surface area contributed by atoms with Gasteiger partial charge in [0, 0.05) is 12.2 Å². The number of H-pyrrole nitrogens is 1. The number of pyridine rings is 1. The van der Waals surface area contributed by atoms with Crippen LogP contribution in [0.3, 0.4) is 0 Å². The van der Waals surface area contributed by atoms with Gasteiger partial charge in [-0.25, -0.2) is 9.78 Å². The molecule has 0 aliphatic heterocycles. The molecule has 2 heterocycles. The molecule has 138 valence electrons. The second-order valence-corrected chi connectivity index (χ2v) is 6.11. The molecule has 26 heavy (non-hydrogen) atoms. The molecule has 0 amide bonds. The molecule has 1 aliphatic rings. The van der Waals surface area contributed by atoms with E-state index in [2.05, 4.69) is 60.0 Å². The third-order valence-corrected chi connectivity index (χ3v) is 4.06. The highest BCUT2D eigenvalue weighted by Crippen LogP contribution is 2.22. The Morgan fingerprint density at radius 1 is 1.38 bits per heavy atom. The van der Waals surface area contributed by atoms with Crippen LogP contribution in [0.5, 0.6) is 0 Å². The zero-order valence-corrected chi connectivity index (χ0v) is 15.9. The smallest absolute Gasteiger partial charge is 0.327 e. The number of imidazole rings is 1. The van der Waals surface area contributed by atoms with Gasteiger partial charge >= 0.3 is 5.69 Å². The lowest BCUT2D eigenvalue weighted by molar-refractivity contribution is 0.799. The highest BCUT2D eigenvalue weighted by molar-refractivity contribution is 5.75. The van der Waals surface area contributed by atoms with Gasteiger partial charge in [-0.1, -0.05) is 37.3 Å². The molecule has 5 heteroatoms. The van der Waals surface area contributed by atoms with Gasteiger partial charge in [0.05, 0.1) is 17.4 Å². The van der Waals surface area contributed by atoms with Crippen LogP contribution in [0, 0.1) is 0 Å². The first-order valence-corrected chi connectivity index (χ1v) is 9.05. The van der Waals surface area contributed by atoms with Gasteiger partial charge < -0.3 is 10.3 Å². The SMILES string of the molecule is C/C=C\CC.C=CCn1c(=O)[nH]c2cc(NC3=CCCC=C3C)cnc21. The highest BCUT2D eigenvalue weighted by Gasteiger charge is 2.09. The van der Waals surface area contributed by atoms with Crippen LogP contribution in [0.2, 0.25) is 0 Å². The van der Waals surface area contributed by atoms with Gasteiger partial charge in [0.1, 0.15) is 0 Å². The van der Waals surface area contributed by atoms with Crippen molar-refractivity contribution in [3.63, 3.8) is 0 Å². The zero-order chi connectivity index (χ0) is 18.9. The lowest BCUT2D eigenvalue weighted by Crippen LogP contribution is -2.15. The standard InChI is InChI=1S/C16H18N4O.C5H10/c1-3-8-20-15-14(19-16(20)21)9-12(10-17-15)18-13-7-5-4-6-11(13)2;1-3-5-4-2/h3,6-7,9-10,18H,1,4-5,8H2,2H3,(H,19,21);3,5H,4H2,1-2H3/b;5-3-. The molecular formula is C21H28N4O. The average molecular weight is 352 g/mol. The predicted octanol–water partition coefficient (Wildman–Crippen LogP) is 4.92. The molecule has 0 fully saturated rings. The van der Waals surface area contributed by atoms with Crippen molar-refractivity contribution in [2.75, 3.05) is 5.32 Å². The van der Waals surface area contributed by atoms with Crippen LogP contribution in [0.25, 0.3) is 11.2 Å². The lowest BCUT2D eigenvalue weighted by atomic mass is 10.0. The number of aromatic amines is 1. The van der Waals surface area contributed by atoms with Gasteiger partial charge in [-0.05, 0) is 44.7 Å². The summed E-state index contributed by atoms with van der Waals surface area (Å²) in [5.41, 5.74) is 4.42. The van der Waals surface area contributed by atoms with Crippen molar-refractivity contribution in [1.82, 2.24) is 14.5 Å². The van der Waals surface area contributed by atoms with Crippen LogP contribution >= 0.6 is 0 Å². The number of nitrogens with one attached hydrogen (secondary N) is 2. The quantitative estimate of drug-likeness (QED) is 0.751. The van der Waals surface area contributed by atoms with E-state index in [4.69, 9.17) is 0 Å². The molecule has 0 saturated heterocycles. The van der Waals surface area contributed by atoms with E-state index in [0.29, 0.717) is 12.2 Å². The van der Waals surface area contributed by atoms with Gasteiger partial charge in [-0.2, -0.15) is 0 Å². The van der Waals surface area contributed by atoms with Gasteiger partial charge in [-0.3, -0.25) is 4.57 Å². The highest BCUT2D eigenvalue weighted by atomic mass is 16.1. The van der Waals surface area contributed by atoms with E-state index in [-0.39, 0.29) is 5.69 Å². The number of hydrogen-bond donors (Lipinski definition) is 2. The number of aromatic nitrogens is 3. The fourth-order valence-electron chi connectivity index (χ4n) is 2.75. The van der Waals surface area contributed by atoms with Crippen molar-refractivity contribution in [3.8, 4) is 0 Å². The van der Waals surface area contributed by atoms with Crippen LogP contribution in [-0.2, 0) is 6.54 Å². The van der Waals surface area contributed by atoms with Crippen molar-refractivity contribution < 1.29 is 0 Å². The number of anilines is 1. The summed E-state index contributed by atoms with van der Waals surface area (Å²) in [6.07, 6.45) is 15.3. The van der Waals surface area contributed by atoms with E-state index in [1.54, 1.807) is 16.8 Å². The summed E-state index contributed by atoms with van der Waals surface area (Å²) in [7, 11) is 0. The molecular weight excluding hydrogens is 324 g/mol. The molecule has 0 unspecified atom stereocenters. The van der Waals surface area contributed by atoms with Crippen LogP contribution in [0.4, 0.5) is 5.69 Å². The van der Waals surface area contributed by atoms with E-state index >= 15 is 0 Å². The van der Waals surface area contributed by atoms with Gasteiger partial charge in [0.2, 0.25) is 0 Å². The fraction of sp³-hybridized carbons (Fsp3) is 0.333. The Bertz CT molecular complexity index is 896. The summed E-state index contributed by atoms with van der Waals surface area (Å²) in [5.74, 6) is 0. The molecule has 5 nitrogen and oxygen atoms in total. The topological polar surface area (TPSA) is 62.7 Å². The predicted molar refractivity (Wildman–Crippen MR) is 110 cm³/mol. The minimum absolute atomic E-state index is 0.164. The molecule has 0 aromatic carbocycles. The van der Waals surface area contributed by atoms with Crippen molar-refractivity contribution in [2.24, 2.45) is 0 Å². The molecule has 0 radical (unpaired) electrons. The maximum atomic E-state index is 11.9. The summed E-state index contributed by atoms with van der Waals surface area (Å²) in [6, 6.07) is 1.91. The van der Waals surface area contributed by atoms with E-state index in [1.807, 2.05) is 13.0 Å². The third kappa shape index (κ3) is 4.85. The Kier molecular flexibility index (Phi) is 7.21. The molecule has 2 aromatic rings. The second-order valence-electron chi connectivity index (χ2n) is 6.11. The first kappa shape index (κ1) is 19.5. The normalized spacial score (nSPS) is 13.8. The van der Waals surface area contributed by atoms with Gasteiger partial charge in [0.15, 0.2) is 5.65 Å². The number of fused-ring (bicyclic) bond motifs is 1. The summed E-state index contributed by atoms with van der Waals surface area (Å²) < 4.78 is 1.57. The number of allylic oxidation sites excluding steroid dienone is 6. The Labute approximate surface area is 154 Å². The summed E-state index contributed by atoms with van der Waals surface area (Å²) in [6.45, 7) is 10.4. The third-order valence-electron chi connectivity index (χ3n) is 4.06. The minimum Gasteiger partial charge on any atom is -0.354 e. The van der Waals surface area contributed by atoms with Crippen molar-refractivity contribution >= 4 is 16.9 Å². The lowest BCUT2D eigenvalue weighted by Gasteiger charge is -2.15. The Morgan fingerprint density at radius 3 is 2.77 bits per heavy atom. The maximum absolute atomic E-state index is 11.9. The van der Waals surface area contributed by atoms with Crippen LogP contribution in [0.1, 0.15) is 40.0 Å². The molecule has 0 saturated carbocycles. The molecule has 2 N–H and O–H groups in total. The minimum atomic E-state index is -0.164. The maximum Gasteiger partial charge on any atom is 0.327 e. The molecule has 1 aliphatic carbocycles. The Morgan fingerprint density at radius 2 is 2.15 bits per heavy atom. The van der Waals surface area contributed by atoms with Gasteiger partial charge in [-0.15, -0.1) is 6.58 Å². The number of nitrogens with zero attached hydrogens (tertiary/aromatic N) is 2. The summed E-state index contributed by atoms with van der Waals surface area (Å²) in [5, 5.41) is 3.36. The van der Waals surface area contributed by atoms with E-state index in [0.717, 1.165) is 36.2 Å². The van der Waals surface area contributed by atoms with Crippen molar-refractivity contribution in [1.29, 1.82) is 0 Å². The van der Waals surface area contributed by atoms with Gasteiger partial charge in [0.25, 0.3) is 0 Å². The Hall–Kier alpha value is -2.82. The molecule has 0 bridgehead atoms. The van der Waals surface area contributed by atoms with E-state index in [1.165, 1.54) is 5.57 Å². The van der Waals surface area contributed by atoms with Crippen LogP contribution in [-0.4, -0.2) is 14.5 Å². The molecule has 2 aromatic heterocycles. The second kappa shape index (κ2) is 9.61. The first-order chi connectivity index (χ1) is 12.6. The summed E-state index contributed by atoms with van der Waals surface area (Å²) >= 11 is 0. The molecule has 3 rings (SSSR count). The van der Waals surface area contributed by atoms with Crippen molar-refractivity contribution in [3.05, 3.63) is 71.0 Å². The number of rotatable bonds is 5. The zero-order valence-electron chi connectivity index (χ0n) is 15.9. The fourth-order valence-corrected chi connectivity index (χ4v) is 2.75. The Balaban J connectivity index is 0.000000431. The van der Waals surface area contributed by atoms with Crippen LogP contribution < -0.4 is 11.0 Å².